The number of rotatable bonds is 3. The Labute approximate surface area is 85.5 Å². The first kappa shape index (κ1) is 9.67. The molecule has 78 valence electrons. The number of nitrogens with zero attached hydrogens (tertiary/aromatic N) is 1. The lowest BCUT2D eigenvalue weighted by molar-refractivity contribution is -0.138. The van der Waals surface area contributed by atoms with E-state index in [1.54, 1.807) is 12.1 Å². The number of aromatic nitrogens is 1. The molecule has 15 heavy (non-hydrogen) atoms. The van der Waals surface area contributed by atoms with Gasteiger partial charge in [0.1, 0.15) is 11.6 Å². The SMILES string of the molecule is N[C@H](Cc1nc2ccccc2o1)C(=O)O. The van der Waals surface area contributed by atoms with E-state index in [1.165, 1.54) is 0 Å². The van der Waals surface area contributed by atoms with E-state index < -0.39 is 12.0 Å². The second-order valence-electron chi connectivity index (χ2n) is 3.22. The van der Waals surface area contributed by atoms with Crippen molar-refractivity contribution in [3.05, 3.63) is 30.2 Å². The van der Waals surface area contributed by atoms with Gasteiger partial charge in [-0.25, -0.2) is 4.98 Å². The molecule has 1 atom stereocenters. The van der Waals surface area contributed by atoms with Crippen molar-refractivity contribution in [3.63, 3.8) is 0 Å². The van der Waals surface area contributed by atoms with Gasteiger partial charge >= 0.3 is 5.97 Å². The van der Waals surface area contributed by atoms with Crippen molar-refractivity contribution in [2.24, 2.45) is 5.73 Å². The molecular formula is C10H10N2O3. The quantitative estimate of drug-likeness (QED) is 0.774. The molecule has 0 aliphatic carbocycles. The highest BCUT2D eigenvalue weighted by atomic mass is 16.4. The molecular weight excluding hydrogens is 196 g/mol. The minimum Gasteiger partial charge on any atom is -0.480 e. The van der Waals surface area contributed by atoms with Crippen molar-refractivity contribution >= 4 is 17.1 Å². The molecule has 0 spiro atoms. The molecule has 1 heterocycles. The lowest BCUT2D eigenvalue weighted by atomic mass is 10.2. The smallest absolute Gasteiger partial charge is 0.321 e. The number of carboxylic acids is 1. The van der Waals surface area contributed by atoms with Crippen LogP contribution in [0, 0.1) is 0 Å². The van der Waals surface area contributed by atoms with Crippen LogP contribution >= 0.6 is 0 Å². The maximum Gasteiger partial charge on any atom is 0.321 e. The third-order valence-corrected chi connectivity index (χ3v) is 2.05. The normalized spacial score (nSPS) is 12.9. The largest absolute Gasteiger partial charge is 0.480 e. The average molecular weight is 206 g/mol. The lowest BCUT2D eigenvalue weighted by Gasteiger charge is -2.00. The van der Waals surface area contributed by atoms with Crippen molar-refractivity contribution in [3.8, 4) is 0 Å². The molecule has 1 aromatic carbocycles. The fraction of sp³-hybridized carbons (Fsp3) is 0.200. The number of para-hydroxylation sites is 2. The highest BCUT2D eigenvalue weighted by Gasteiger charge is 2.15. The predicted molar refractivity (Wildman–Crippen MR) is 53.3 cm³/mol. The number of carboxylic acid groups (broad SMARTS) is 1. The minimum absolute atomic E-state index is 0.101. The first-order chi connectivity index (χ1) is 7.16. The second-order valence-corrected chi connectivity index (χ2v) is 3.22. The van der Waals surface area contributed by atoms with E-state index in [-0.39, 0.29) is 6.42 Å². The molecule has 0 unspecified atom stereocenters. The zero-order valence-corrected chi connectivity index (χ0v) is 7.88. The Morgan fingerprint density at radius 2 is 2.27 bits per heavy atom. The van der Waals surface area contributed by atoms with Gasteiger partial charge in [0.2, 0.25) is 0 Å². The number of aliphatic carboxylic acids is 1. The van der Waals surface area contributed by atoms with Crippen LogP contribution in [0.3, 0.4) is 0 Å². The molecule has 0 saturated carbocycles. The van der Waals surface area contributed by atoms with Crippen LogP contribution in [0.2, 0.25) is 0 Å². The van der Waals surface area contributed by atoms with Crippen LogP contribution in [0.1, 0.15) is 5.89 Å². The van der Waals surface area contributed by atoms with Gasteiger partial charge in [0.05, 0.1) is 6.42 Å². The highest BCUT2D eigenvalue weighted by Crippen LogP contribution is 2.15. The maximum atomic E-state index is 10.5. The molecule has 0 radical (unpaired) electrons. The Hall–Kier alpha value is -1.88. The van der Waals surface area contributed by atoms with Gasteiger partial charge in [-0.05, 0) is 12.1 Å². The van der Waals surface area contributed by atoms with Gasteiger partial charge < -0.3 is 15.3 Å². The van der Waals surface area contributed by atoms with E-state index in [1.807, 2.05) is 12.1 Å². The number of hydrogen-bond acceptors (Lipinski definition) is 4. The first-order valence-electron chi connectivity index (χ1n) is 4.49. The number of benzene rings is 1. The van der Waals surface area contributed by atoms with Crippen LogP contribution in [0.15, 0.2) is 28.7 Å². The minimum atomic E-state index is -1.06. The van der Waals surface area contributed by atoms with Gasteiger partial charge in [-0.1, -0.05) is 12.1 Å². The van der Waals surface area contributed by atoms with Gasteiger partial charge in [-0.15, -0.1) is 0 Å². The average Bonchev–Trinajstić information content (AvgIpc) is 2.59. The molecule has 5 nitrogen and oxygen atoms in total. The molecule has 5 heteroatoms. The molecule has 0 fully saturated rings. The molecule has 1 aromatic heterocycles. The number of fused-ring (bicyclic) bond motifs is 1. The molecule has 0 saturated heterocycles. The van der Waals surface area contributed by atoms with Gasteiger partial charge in [-0.2, -0.15) is 0 Å². The Morgan fingerprint density at radius 1 is 1.53 bits per heavy atom. The Bertz CT molecular complexity index is 459. The van der Waals surface area contributed by atoms with E-state index >= 15 is 0 Å². The third-order valence-electron chi connectivity index (χ3n) is 2.05. The lowest BCUT2D eigenvalue weighted by Crippen LogP contribution is -2.32. The van der Waals surface area contributed by atoms with E-state index in [4.69, 9.17) is 15.3 Å². The summed E-state index contributed by atoms with van der Waals surface area (Å²) in [6.07, 6.45) is 0.101. The summed E-state index contributed by atoms with van der Waals surface area (Å²) in [5, 5.41) is 8.62. The van der Waals surface area contributed by atoms with Gasteiger partial charge in [0.15, 0.2) is 11.5 Å². The number of carbonyl (C=O) groups is 1. The highest BCUT2D eigenvalue weighted by molar-refractivity contribution is 5.74. The zero-order chi connectivity index (χ0) is 10.8. The summed E-state index contributed by atoms with van der Waals surface area (Å²) in [4.78, 5) is 14.6. The molecule has 2 rings (SSSR count). The summed E-state index contributed by atoms with van der Waals surface area (Å²) in [5.41, 5.74) is 6.73. The number of oxazole rings is 1. The van der Waals surface area contributed by atoms with Crippen molar-refractivity contribution in [2.45, 2.75) is 12.5 Å². The van der Waals surface area contributed by atoms with Gasteiger partial charge in [-0.3, -0.25) is 4.79 Å². The van der Waals surface area contributed by atoms with Gasteiger partial charge in [0.25, 0.3) is 0 Å². The molecule has 0 bridgehead atoms. The molecule has 0 aliphatic rings. The van der Waals surface area contributed by atoms with Crippen molar-refractivity contribution < 1.29 is 14.3 Å². The summed E-state index contributed by atoms with van der Waals surface area (Å²) in [5.74, 6) is -0.705. The van der Waals surface area contributed by atoms with Crippen LogP contribution < -0.4 is 5.73 Å². The Balaban J connectivity index is 2.26. The van der Waals surface area contributed by atoms with Crippen molar-refractivity contribution in [1.82, 2.24) is 4.98 Å². The van der Waals surface area contributed by atoms with Gasteiger partial charge in [0, 0.05) is 0 Å². The summed E-state index contributed by atoms with van der Waals surface area (Å²) < 4.78 is 5.33. The maximum absolute atomic E-state index is 10.5. The zero-order valence-electron chi connectivity index (χ0n) is 7.88. The topological polar surface area (TPSA) is 89.4 Å². The summed E-state index contributed by atoms with van der Waals surface area (Å²) in [7, 11) is 0. The van der Waals surface area contributed by atoms with Crippen LogP contribution in [0.25, 0.3) is 11.1 Å². The number of nitrogens with two attached hydrogens (primary N) is 1. The van der Waals surface area contributed by atoms with E-state index in [2.05, 4.69) is 4.98 Å². The number of hydrogen-bond donors (Lipinski definition) is 2. The summed E-state index contributed by atoms with van der Waals surface area (Å²) in [6, 6.07) is 6.27. The predicted octanol–water partition coefficient (Wildman–Crippen LogP) is 0.782. The summed E-state index contributed by atoms with van der Waals surface area (Å²) >= 11 is 0. The van der Waals surface area contributed by atoms with Crippen LogP contribution in [-0.2, 0) is 11.2 Å². The van der Waals surface area contributed by atoms with Crippen molar-refractivity contribution in [2.75, 3.05) is 0 Å². The standard InChI is InChI=1S/C10H10N2O3/c11-6(10(13)14)5-9-12-7-3-1-2-4-8(7)15-9/h1-4,6H,5,11H2,(H,13,14)/t6-/m1/s1. The molecule has 0 amide bonds. The fourth-order valence-electron chi connectivity index (χ4n) is 1.28. The Kier molecular flexibility index (Phi) is 2.39. The molecule has 0 aliphatic heterocycles. The van der Waals surface area contributed by atoms with Crippen LogP contribution in [0.5, 0.6) is 0 Å². The first-order valence-corrected chi connectivity index (χ1v) is 4.49. The van der Waals surface area contributed by atoms with Crippen LogP contribution in [-0.4, -0.2) is 22.1 Å². The third kappa shape index (κ3) is 1.97. The Morgan fingerprint density at radius 3 is 2.93 bits per heavy atom. The van der Waals surface area contributed by atoms with Crippen molar-refractivity contribution in [1.29, 1.82) is 0 Å². The monoisotopic (exact) mass is 206 g/mol. The van der Waals surface area contributed by atoms with E-state index in [9.17, 15) is 4.79 Å². The van der Waals surface area contributed by atoms with Crippen LogP contribution in [0.4, 0.5) is 0 Å². The second kappa shape index (κ2) is 3.70. The summed E-state index contributed by atoms with van der Waals surface area (Å²) in [6.45, 7) is 0. The van der Waals surface area contributed by atoms with E-state index in [0.29, 0.717) is 17.0 Å². The molecule has 2 aromatic rings. The van der Waals surface area contributed by atoms with E-state index in [0.717, 1.165) is 0 Å². The fourth-order valence-corrected chi connectivity index (χ4v) is 1.28. The molecule has 3 N–H and O–H groups in total.